The minimum atomic E-state index is -0.230. The molecule has 0 radical (unpaired) electrons. The van der Waals surface area contributed by atoms with Gasteiger partial charge in [0, 0.05) is 6.04 Å². The summed E-state index contributed by atoms with van der Waals surface area (Å²) in [4.78, 5) is 2.38. The first-order valence-electron chi connectivity index (χ1n) is 6.97. The van der Waals surface area contributed by atoms with Gasteiger partial charge in [0.25, 0.3) is 0 Å². The summed E-state index contributed by atoms with van der Waals surface area (Å²) in [6.07, 6.45) is 2.79. The molecule has 0 aromatic heterocycles. The largest absolute Gasteiger partial charge is 0.504 e. The van der Waals surface area contributed by atoms with E-state index >= 15 is 0 Å². The number of fused-ring (bicyclic) bond motifs is 3. The molecule has 3 fully saturated rings. The van der Waals surface area contributed by atoms with Crippen LogP contribution < -0.4 is 4.74 Å². The van der Waals surface area contributed by atoms with Gasteiger partial charge in [0.15, 0.2) is 11.5 Å². The van der Waals surface area contributed by atoms with E-state index in [4.69, 9.17) is 4.74 Å². The van der Waals surface area contributed by atoms with Gasteiger partial charge in [-0.25, -0.2) is 0 Å². The zero-order valence-electron chi connectivity index (χ0n) is 11.2. The maximum absolute atomic E-state index is 10.4. The molecule has 2 bridgehead atoms. The number of hydrogen-bond donors (Lipinski definition) is 2. The zero-order valence-corrected chi connectivity index (χ0v) is 11.2. The smallest absolute Gasteiger partial charge is 0.160 e. The third-order valence-electron chi connectivity index (χ3n) is 4.61. The van der Waals surface area contributed by atoms with Gasteiger partial charge in [-0.2, -0.15) is 0 Å². The number of phenolic OH excluding ortho intramolecular Hbond substituents is 1. The molecule has 2 N–H and O–H groups in total. The lowest BCUT2D eigenvalue weighted by Crippen LogP contribution is -2.58. The van der Waals surface area contributed by atoms with Gasteiger partial charge in [0.05, 0.1) is 13.2 Å². The SMILES string of the molecule is COc1ccc(CC2C(O)C3CCN2CC3)cc1O. The average Bonchev–Trinajstić information content (AvgIpc) is 2.43. The maximum Gasteiger partial charge on any atom is 0.160 e. The van der Waals surface area contributed by atoms with E-state index in [9.17, 15) is 10.2 Å². The van der Waals surface area contributed by atoms with Gasteiger partial charge in [-0.15, -0.1) is 0 Å². The summed E-state index contributed by atoms with van der Waals surface area (Å²) < 4.78 is 5.05. The molecule has 3 heterocycles. The van der Waals surface area contributed by atoms with E-state index in [-0.39, 0.29) is 17.9 Å². The number of aromatic hydroxyl groups is 1. The number of benzene rings is 1. The molecule has 104 valence electrons. The lowest BCUT2D eigenvalue weighted by atomic mass is 9.78. The summed E-state index contributed by atoms with van der Waals surface area (Å²) >= 11 is 0. The average molecular weight is 263 g/mol. The standard InChI is InChI=1S/C15H21NO3/c1-19-14-3-2-10(9-13(14)17)8-12-15(18)11-4-6-16(12)7-5-11/h2-3,9,11-12,15,17-18H,4-8H2,1H3. The Morgan fingerprint density at radius 3 is 2.63 bits per heavy atom. The second-order valence-electron chi connectivity index (χ2n) is 5.64. The van der Waals surface area contributed by atoms with Gasteiger partial charge < -0.3 is 14.9 Å². The number of aliphatic hydroxyl groups is 1. The summed E-state index contributed by atoms with van der Waals surface area (Å²) in [6.45, 7) is 2.18. The number of ether oxygens (including phenoxy) is 1. The number of methoxy groups -OCH3 is 1. The highest BCUT2D eigenvalue weighted by Gasteiger charge is 2.40. The van der Waals surface area contributed by atoms with Crippen molar-refractivity contribution in [2.24, 2.45) is 5.92 Å². The topological polar surface area (TPSA) is 52.9 Å². The lowest BCUT2D eigenvalue weighted by Gasteiger charge is -2.49. The third kappa shape index (κ3) is 2.30. The third-order valence-corrected chi connectivity index (χ3v) is 4.61. The van der Waals surface area contributed by atoms with E-state index in [1.165, 1.54) is 0 Å². The van der Waals surface area contributed by atoms with E-state index in [0.29, 0.717) is 11.7 Å². The molecule has 2 atom stereocenters. The number of nitrogens with zero attached hydrogens (tertiary/aromatic N) is 1. The second-order valence-corrected chi connectivity index (χ2v) is 5.64. The molecule has 3 saturated heterocycles. The van der Waals surface area contributed by atoms with Crippen LogP contribution in [0.4, 0.5) is 0 Å². The molecule has 0 amide bonds. The van der Waals surface area contributed by atoms with Crippen molar-refractivity contribution in [3.8, 4) is 11.5 Å². The highest BCUT2D eigenvalue weighted by atomic mass is 16.5. The van der Waals surface area contributed by atoms with Gasteiger partial charge in [-0.05, 0) is 56.0 Å². The Morgan fingerprint density at radius 1 is 1.32 bits per heavy atom. The monoisotopic (exact) mass is 263 g/mol. The van der Waals surface area contributed by atoms with Crippen molar-refractivity contribution in [2.75, 3.05) is 20.2 Å². The number of rotatable bonds is 3. The second kappa shape index (κ2) is 5.02. The van der Waals surface area contributed by atoms with Gasteiger partial charge in [0.2, 0.25) is 0 Å². The van der Waals surface area contributed by atoms with Crippen molar-refractivity contribution >= 4 is 0 Å². The summed E-state index contributed by atoms with van der Waals surface area (Å²) in [5.74, 6) is 1.13. The minimum Gasteiger partial charge on any atom is -0.504 e. The van der Waals surface area contributed by atoms with Crippen LogP contribution in [0.15, 0.2) is 18.2 Å². The van der Waals surface area contributed by atoms with E-state index in [1.807, 2.05) is 6.07 Å². The first-order valence-corrected chi connectivity index (χ1v) is 6.97. The fourth-order valence-corrected chi connectivity index (χ4v) is 3.48. The van der Waals surface area contributed by atoms with E-state index in [2.05, 4.69) is 4.90 Å². The Hall–Kier alpha value is -1.26. The number of piperidine rings is 3. The van der Waals surface area contributed by atoms with Gasteiger partial charge in [0.1, 0.15) is 0 Å². The fraction of sp³-hybridized carbons (Fsp3) is 0.600. The first-order chi connectivity index (χ1) is 9.19. The van der Waals surface area contributed by atoms with Crippen molar-refractivity contribution in [3.05, 3.63) is 23.8 Å². The highest BCUT2D eigenvalue weighted by Crippen LogP contribution is 2.35. The summed E-state index contributed by atoms with van der Waals surface area (Å²) in [5, 5.41) is 20.2. The molecule has 0 spiro atoms. The normalized spacial score (nSPS) is 33.4. The van der Waals surface area contributed by atoms with Crippen molar-refractivity contribution in [1.29, 1.82) is 0 Å². The molecule has 1 aromatic carbocycles. The number of hydrogen-bond acceptors (Lipinski definition) is 4. The van der Waals surface area contributed by atoms with E-state index in [1.54, 1.807) is 19.2 Å². The van der Waals surface area contributed by atoms with Crippen LogP contribution >= 0.6 is 0 Å². The van der Waals surface area contributed by atoms with Crippen LogP contribution in [-0.2, 0) is 6.42 Å². The predicted octanol–water partition coefficient (Wildman–Crippen LogP) is 1.40. The van der Waals surface area contributed by atoms with Crippen molar-refractivity contribution < 1.29 is 14.9 Å². The molecule has 0 saturated carbocycles. The molecular formula is C15H21NO3. The van der Waals surface area contributed by atoms with Crippen LogP contribution in [0, 0.1) is 5.92 Å². The predicted molar refractivity (Wildman–Crippen MR) is 72.5 cm³/mol. The molecule has 4 heteroatoms. The molecule has 3 aliphatic rings. The van der Waals surface area contributed by atoms with Crippen molar-refractivity contribution in [1.82, 2.24) is 4.90 Å². The Bertz CT molecular complexity index is 453. The summed E-state index contributed by atoms with van der Waals surface area (Å²) in [5.41, 5.74) is 1.05. The Labute approximate surface area is 113 Å². The van der Waals surface area contributed by atoms with Crippen LogP contribution in [0.5, 0.6) is 11.5 Å². The van der Waals surface area contributed by atoms with Gasteiger partial charge >= 0.3 is 0 Å². The Kier molecular flexibility index (Phi) is 3.37. The fourth-order valence-electron chi connectivity index (χ4n) is 3.48. The quantitative estimate of drug-likeness (QED) is 0.865. The van der Waals surface area contributed by atoms with Crippen LogP contribution in [-0.4, -0.2) is 47.5 Å². The molecule has 2 unspecified atom stereocenters. The Morgan fingerprint density at radius 2 is 2.05 bits per heavy atom. The molecule has 19 heavy (non-hydrogen) atoms. The lowest BCUT2D eigenvalue weighted by molar-refractivity contribution is -0.0715. The maximum atomic E-state index is 10.4. The van der Waals surface area contributed by atoms with Crippen molar-refractivity contribution in [2.45, 2.75) is 31.4 Å². The Balaban J connectivity index is 1.76. The van der Waals surface area contributed by atoms with E-state index in [0.717, 1.165) is 37.9 Å². The highest BCUT2D eigenvalue weighted by molar-refractivity contribution is 5.42. The van der Waals surface area contributed by atoms with Gasteiger partial charge in [-0.1, -0.05) is 6.07 Å². The van der Waals surface area contributed by atoms with Crippen LogP contribution in [0.3, 0.4) is 0 Å². The minimum absolute atomic E-state index is 0.172. The summed E-state index contributed by atoms with van der Waals surface area (Å²) in [7, 11) is 1.55. The molecular weight excluding hydrogens is 242 g/mol. The van der Waals surface area contributed by atoms with Crippen LogP contribution in [0.2, 0.25) is 0 Å². The van der Waals surface area contributed by atoms with Crippen LogP contribution in [0.25, 0.3) is 0 Å². The molecule has 1 aromatic rings. The van der Waals surface area contributed by atoms with Gasteiger partial charge in [-0.3, -0.25) is 4.90 Å². The molecule has 4 nitrogen and oxygen atoms in total. The first kappa shape index (κ1) is 12.8. The van der Waals surface area contributed by atoms with Crippen molar-refractivity contribution in [3.63, 3.8) is 0 Å². The van der Waals surface area contributed by atoms with E-state index < -0.39 is 0 Å². The molecule has 3 aliphatic heterocycles. The zero-order chi connectivity index (χ0) is 13.4. The molecule has 0 aliphatic carbocycles. The number of aliphatic hydroxyl groups excluding tert-OH is 1. The summed E-state index contributed by atoms with van der Waals surface area (Å²) in [6, 6.07) is 5.69. The van der Waals surface area contributed by atoms with Crippen LogP contribution in [0.1, 0.15) is 18.4 Å². The molecule has 4 rings (SSSR count). The number of phenols is 1.